The second-order valence-electron chi connectivity index (χ2n) is 11.7. The molecule has 1 aliphatic rings. The van der Waals surface area contributed by atoms with Crippen LogP contribution in [-0.2, 0) is 20.7 Å². The molecule has 226 valence electrons. The highest BCUT2D eigenvalue weighted by Crippen LogP contribution is 2.36. The van der Waals surface area contributed by atoms with Gasteiger partial charge in [0.1, 0.15) is 6.61 Å². The Hall–Kier alpha value is -2.45. The van der Waals surface area contributed by atoms with E-state index in [4.69, 9.17) is 9.84 Å². The molecule has 1 heterocycles. The second kappa shape index (κ2) is 17.4. The van der Waals surface area contributed by atoms with Crippen LogP contribution in [0.5, 0.6) is 0 Å². The van der Waals surface area contributed by atoms with Crippen LogP contribution in [0.25, 0.3) is 0 Å². The van der Waals surface area contributed by atoms with E-state index in [0.717, 1.165) is 69.8 Å². The van der Waals surface area contributed by atoms with E-state index in [2.05, 4.69) is 6.92 Å². The van der Waals surface area contributed by atoms with Gasteiger partial charge in [-0.3, -0.25) is 9.59 Å². The predicted octanol–water partition coefficient (Wildman–Crippen LogP) is 6.12. The standard InChI is InChI=1S/C32H51NO7/c1-4-5-6-8-14-19-27(34)24(2)29(36)33-31(39)40-23-32(33,22-26-17-12-11-13-18-26)21-16-10-7-9-15-20-28(35)25(3)30(37)38/h11-13,17-18,24-25,27-28,34-35H,4-10,14-16,19-23H2,1-3H3,(H,37,38)/t24-,25?,27+,28?,32+/m0/s1. The van der Waals surface area contributed by atoms with E-state index in [-0.39, 0.29) is 12.5 Å². The van der Waals surface area contributed by atoms with Gasteiger partial charge in [0.25, 0.3) is 0 Å². The number of carboxylic acid groups (broad SMARTS) is 1. The minimum absolute atomic E-state index is 0.131. The van der Waals surface area contributed by atoms with Crippen LogP contribution >= 0.6 is 0 Å². The van der Waals surface area contributed by atoms with E-state index in [1.807, 2.05) is 30.3 Å². The summed E-state index contributed by atoms with van der Waals surface area (Å²) in [6.07, 6.45) is 9.27. The Morgan fingerprint density at radius 3 is 2.02 bits per heavy atom. The number of carbonyl (C=O) groups is 3. The molecule has 2 rings (SSSR count). The predicted molar refractivity (Wildman–Crippen MR) is 155 cm³/mol. The van der Waals surface area contributed by atoms with Crippen molar-refractivity contribution in [2.45, 2.75) is 128 Å². The van der Waals surface area contributed by atoms with Crippen LogP contribution < -0.4 is 0 Å². The van der Waals surface area contributed by atoms with Gasteiger partial charge in [-0.25, -0.2) is 9.69 Å². The molecule has 8 nitrogen and oxygen atoms in total. The molecule has 40 heavy (non-hydrogen) atoms. The molecular formula is C32H51NO7. The lowest BCUT2D eigenvalue weighted by molar-refractivity contribution is -0.145. The molecular weight excluding hydrogens is 510 g/mol. The van der Waals surface area contributed by atoms with Crippen molar-refractivity contribution >= 4 is 18.0 Å². The molecule has 1 saturated heterocycles. The maximum absolute atomic E-state index is 13.7. The van der Waals surface area contributed by atoms with Crippen LogP contribution in [0.1, 0.15) is 110 Å². The summed E-state index contributed by atoms with van der Waals surface area (Å²) >= 11 is 0. The molecule has 0 aliphatic carbocycles. The molecule has 2 amide bonds. The number of amides is 2. The van der Waals surface area contributed by atoms with Gasteiger partial charge >= 0.3 is 12.1 Å². The summed E-state index contributed by atoms with van der Waals surface area (Å²) in [5, 5.41) is 29.8. The maximum Gasteiger partial charge on any atom is 0.417 e. The van der Waals surface area contributed by atoms with Gasteiger partial charge < -0.3 is 20.1 Å². The number of cyclic esters (lactones) is 1. The quantitative estimate of drug-likeness (QED) is 0.164. The van der Waals surface area contributed by atoms with Crippen molar-refractivity contribution in [3.8, 4) is 0 Å². The van der Waals surface area contributed by atoms with E-state index in [0.29, 0.717) is 25.7 Å². The maximum atomic E-state index is 13.7. The summed E-state index contributed by atoms with van der Waals surface area (Å²) in [6.45, 7) is 5.51. The zero-order valence-corrected chi connectivity index (χ0v) is 24.7. The number of nitrogens with zero attached hydrogens (tertiary/aromatic N) is 1. The number of aliphatic hydroxyl groups excluding tert-OH is 2. The third kappa shape index (κ3) is 10.2. The van der Waals surface area contributed by atoms with Gasteiger partial charge in [0, 0.05) is 0 Å². The summed E-state index contributed by atoms with van der Waals surface area (Å²) in [7, 11) is 0. The number of aliphatic carboxylic acids is 1. The number of hydrogen-bond donors (Lipinski definition) is 3. The van der Waals surface area contributed by atoms with Gasteiger partial charge in [0.2, 0.25) is 5.91 Å². The van der Waals surface area contributed by atoms with Crippen molar-refractivity contribution in [2.75, 3.05) is 6.61 Å². The zero-order chi connectivity index (χ0) is 29.5. The Kier molecular flexibility index (Phi) is 14.7. The van der Waals surface area contributed by atoms with Crippen LogP contribution in [0.3, 0.4) is 0 Å². The van der Waals surface area contributed by atoms with Crippen molar-refractivity contribution in [2.24, 2.45) is 11.8 Å². The van der Waals surface area contributed by atoms with E-state index in [1.54, 1.807) is 6.92 Å². The zero-order valence-electron chi connectivity index (χ0n) is 24.7. The number of rotatable bonds is 20. The number of unbranched alkanes of at least 4 members (excludes halogenated alkanes) is 8. The van der Waals surface area contributed by atoms with Crippen LogP contribution in [-0.4, -0.2) is 62.5 Å². The van der Waals surface area contributed by atoms with Gasteiger partial charge in [-0.05, 0) is 38.2 Å². The lowest BCUT2D eigenvalue weighted by Crippen LogP contribution is -2.54. The van der Waals surface area contributed by atoms with Crippen molar-refractivity contribution in [1.82, 2.24) is 4.90 Å². The average molecular weight is 562 g/mol. The molecule has 1 aliphatic heterocycles. The fraction of sp³-hybridized carbons (Fsp3) is 0.719. The molecule has 8 heteroatoms. The number of aliphatic hydroxyl groups is 2. The molecule has 0 spiro atoms. The first-order valence-corrected chi connectivity index (χ1v) is 15.3. The summed E-state index contributed by atoms with van der Waals surface area (Å²) < 4.78 is 5.50. The first-order valence-electron chi connectivity index (χ1n) is 15.3. The van der Waals surface area contributed by atoms with Crippen LogP contribution in [0.4, 0.5) is 4.79 Å². The molecule has 0 saturated carbocycles. The normalized spacial score (nSPS) is 20.1. The van der Waals surface area contributed by atoms with Gasteiger partial charge in [-0.1, -0.05) is 108 Å². The summed E-state index contributed by atoms with van der Waals surface area (Å²) in [5.41, 5.74) is 0.210. The molecule has 1 aromatic rings. The fourth-order valence-electron chi connectivity index (χ4n) is 5.55. The van der Waals surface area contributed by atoms with E-state index in [9.17, 15) is 24.6 Å². The third-order valence-corrected chi connectivity index (χ3v) is 8.40. The number of benzene rings is 1. The molecule has 1 fully saturated rings. The first-order chi connectivity index (χ1) is 19.1. The molecule has 0 aromatic heterocycles. The first kappa shape index (κ1) is 33.8. The molecule has 0 radical (unpaired) electrons. The van der Waals surface area contributed by atoms with Gasteiger partial charge in [-0.15, -0.1) is 0 Å². The van der Waals surface area contributed by atoms with Crippen molar-refractivity contribution in [3.05, 3.63) is 35.9 Å². The van der Waals surface area contributed by atoms with Crippen LogP contribution in [0, 0.1) is 11.8 Å². The van der Waals surface area contributed by atoms with Gasteiger partial charge in [0.05, 0.1) is 29.6 Å². The number of ether oxygens (including phenoxy) is 1. The monoisotopic (exact) mass is 561 g/mol. The minimum atomic E-state index is -0.988. The lowest BCUT2D eigenvalue weighted by atomic mass is 9.84. The third-order valence-electron chi connectivity index (χ3n) is 8.40. The Balaban J connectivity index is 2.01. The summed E-state index contributed by atoms with van der Waals surface area (Å²) in [5.74, 6) is -2.84. The fourth-order valence-corrected chi connectivity index (χ4v) is 5.55. The summed E-state index contributed by atoms with van der Waals surface area (Å²) in [4.78, 5) is 39.0. The Bertz CT molecular complexity index is 908. The highest BCUT2D eigenvalue weighted by Gasteiger charge is 2.51. The van der Waals surface area contributed by atoms with Crippen LogP contribution in [0.15, 0.2) is 30.3 Å². The largest absolute Gasteiger partial charge is 0.481 e. The minimum Gasteiger partial charge on any atom is -0.481 e. The number of carboxylic acids is 1. The molecule has 1 aromatic carbocycles. The van der Waals surface area contributed by atoms with E-state index < -0.39 is 41.6 Å². The highest BCUT2D eigenvalue weighted by molar-refractivity contribution is 5.95. The SMILES string of the molecule is CCCCCCC[C@@H](O)[C@H](C)C(=O)N1C(=O)OC[C@@]1(CCCCCCCC(O)C(C)C(=O)O)Cc1ccccc1. The molecule has 3 N–H and O–H groups in total. The molecule has 5 atom stereocenters. The van der Waals surface area contributed by atoms with Crippen molar-refractivity contribution < 1.29 is 34.4 Å². The van der Waals surface area contributed by atoms with Crippen molar-refractivity contribution in [3.63, 3.8) is 0 Å². The average Bonchev–Trinajstić information content (AvgIpc) is 3.26. The van der Waals surface area contributed by atoms with Crippen molar-refractivity contribution in [1.29, 1.82) is 0 Å². The topological polar surface area (TPSA) is 124 Å². The number of carbonyl (C=O) groups excluding carboxylic acids is 2. The number of hydrogen-bond acceptors (Lipinski definition) is 6. The lowest BCUT2D eigenvalue weighted by Gasteiger charge is -2.36. The molecule has 0 bridgehead atoms. The van der Waals surface area contributed by atoms with Crippen LogP contribution in [0.2, 0.25) is 0 Å². The Morgan fingerprint density at radius 1 is 0.875 bits per heavy atom. The van der Waals surface area contributed by atoms with Gasteiger partial charge in [-0.2, -0.15) is 0 Å². The summed E-state index contributed by atoms with van der Waals surface area (Å²) in [6, 6.07) is 9.80. The Morgan fingerprint density at radius 2 is 1.43 bits per heavy atom. The highest BCUT2D eigenvalue weighted by atomic mass is 16.6. The van der Waals surface area contributed by atoms with E-state index >= 15 is 0 Å². The second-order valence-corrected chi connectivity index (χ2v) is 11.7. The molecule has 2 unspecified atom stereocenters. The van der Waals surface area contributed by atoms with E-state index in [1.165, 1.54) is 11.8 Å². The smallest absolute Gasteiger partial charge is 0.417 e. The Labute approximate surface area is 240 Å². The van der Waals surface area contributed by atoms with Gasteiger partial charge in [0.15, 0.2) is 0 Å². The number of imide groups is 1.